The van der Waals surface area contributed by atoms with Crippen LogP contribution >= 0.6 is 0 Å². The largest absolute Gasteiger partial charge is 0.276 e. The highest BCUT2D eigenvalue weighted by molar-refractivity contribution is 5.27. The second-order valence-corrected chi connectivity index (χ2v) is 5.37. The third kappa shape index (κ3) is 2.69. The molecule has 1 fully saturated rings. The number of hydrogen-bond donors (Lipinski definition) is 2. The van der Waals surface area contributed by atoms with Crippen LogP contribution in [0.25, 0.3) is 0 Å². The Morgan fingerprint density at radius 1 is 1.37 bits per heavy atom. The van der Waals surface area contributed by atoms with Gasteiger partial charge in [0.2, 0.25) is 0 Å². The topological polar surface area (TPSA) is 55.9 Å². The van der Waals surface area contributed by atoms with E-state index in [1.807, 2.05) is 17.9 Å². The van der Waals surface area contributed by atoms with Crippen LogP contribution in [0, 0.1) is 5.92 Å². The molecule has 0 bridgehead atoms. The number of nitrogens with one attached hydrogen (secondary N) is 1. The predicted octanol–water partition coefficient (Wildman–Crippen LogP) is 1.60. The minimum Gasteiger partial charge on any atom is -0.276 e. The SMILES string of the molecule is Cn1ccc(CC(NN)C2CC2c2ccccc2)n1. The first-order chi connectivity index (χ1) is 9.28. The van der Waals surface area contributed by atoms with Crippen molar-refractivity contribution in [3.8, 4) is 0 Å². The van der Waals surface area contributed by atoms with Gasteiger partial charge < -0.3 is 0 Å². The molecule has 4 nitrogen and oxygen atoms in total. The van der Waals surface area contributed by atoms with Gasteiger partial charge in [-0.1, -0.05) is 30.3 Å². The Bertz CT molecular complexity index is 534. The van der Waals surface area contributed by atoms with E-state index in [1.165, 1.54) is 12.0 Å². The Hall–Kier alpha value is -1.65. The van der Waals surface area contributed by atoms with Crippen LogP contribution in [0.1, 0.15) is 23.6 Å². The molecule has 19 heavy (non-hydrogen) atoms. The first kappa shape index (κ1) is 12.4. The fraction of sp³-hybridized carbons (Fsp3) is 0.400. The lowest BCUT2D eigenvalue weighted by Crippen LogP contribution is -2.39. The molecule has 1 saturated carbocycles. The van der Waals surface area contributed by atoms with Crippen molar-refractivity contribution in [2.75, 3.05) is 0 Å². The number of hydrazine groups is 1. The Balaban J connectivity index is 1.65. The van der Waals surface area contributed by atoms with Crippen molar-refractivity contribution in [3.05, 3.63) is 53.9 Å². The second kappa shape index (κ2) is 5.15. The van der Waals surface area contributed by atoms with Gasteiger partial charge in [0.05, 0.1) is 5.69 Å². The zero-order valence-electron chi connectivity index (χ0n) is 11.2. The molecule has 0 saturated heterocycles. The summed E-state index contributed by atoms with van der Waals surface area (Å²) in [5.41, 5.74) is 5.50. The average Bonchev–Trinajstić information content (AvgIpc) is 3.13. The van der Waals surface area contributed by atoms with Crippen molar-refractivity contribution in [1.29, 1.82) is 0 Å². The molecule has 0 aliphatic heterocycles. The highest BCUT2D eigenvalue weighted by Crippen LogP contribution is 2.49. The molecule has 3 atom stereocenters. The molecule has 100 valence electrons. The molecule has 2 aromatic rings. The smallest absolute Gasteiger partial charge is 0.0640 e. The van der Waals surface area contributed by atoms with Gasteiger partial charge in [-0.3, -0.25) is 16.0 Å². The number of aryl methyl sites for hydroxylation is 1. The van der Waals surface area contributed by atoms with Crippen molar-refractivity contribution < 1.29 is 0 Å². The van der Waals surface area contributed by atoms with Crippen LogP contribution in [0.5, 0.6) is 0 Å². The van der Waals surface area contributed by atoms with E-state index in [1.54, 1.807) is 0 Å². The Kier molecular flexibility index (Phi) is 3.36. The van der Waals surface area contributed by atoms with E-state index < -0.39 is 0 Å². The lowest BCUT2D eigenvalue weighted by Gasteiger charge is -2.14. The van der Waals surface area contributed by atoms with E-state index in [0.717, 1.165) is 12.1 Å². The van der Waals surface area contributed by atoms with Crippen molar-refractivity contribution in [1.82, 2.24) is 15.2 Å². The summed E-state index contributed by atoms with van der Waals surface area (Å²) in [6, 6.07) is 13.1. The van der Waals surface area contributed by atoms with Crippen LogP contribution in [0.4, 0.5) is 0 Å². The number of nitrogens with two attached hydrogens (primary N) is 1. The van der Waals surface area contributed by atoms with Crippen LogP contribution in [-0.2, 0) is 13.5 Å². The van der Waals surface area contributed by atoms with Gasteiger partial charge in [-0.15, -0.1) is 0 Å². The Labute approximate surface area is 113 Å². The van der Waals surface area contributed by atoms with E-state index >= 15 is 0 Å². The highest BCUT2D eigenvalue weighted by atomic mass is 15.3. The summed E-state index contributed by atoms with van der Waals surface area (Å²) in [7, 11) is 1.94. The van der Waals surface area contributed by atoms with Crippen LogP contribution in [0.3, 0.4) is 0 Å². The molecule has 3 rings (SSSR count). The molecule has 1 aromatic carbocycles. The van der Waals surface area contributed by atoms with Crippen LogP contribution in [-0.4, -0.2) is 15.8 Å². The van der Waals surface area contributed by atoms with Gasteiger partial charge in [-0.2, -0.15) is 5.10 Å². The highest BCUT2D eigenvalue weighted by Gasteiger charge is 2.43. The third-order valence-electron chi connectivity index (χ3n) is 4.00. The van der Waals surface area contributed by atoms with Crippen LogP contribution in [0.2, 0.25) is 0 Å². The van der Waals surface area contributed by atoms with Crippen LogP contribution < -0.4 is 11.3 Å². The number of rotatable bonds is 5. The van der Waals surface area contributed by atoms with Crippen molar-refractivity contribution in [3.63, 3.8) is 0 Å². The second-order valence-electron chi connectivity index (χ2n) is 5.37. The van der Waals surface area contributed by atoms with Gasteiger partial charge in [0.25, 0.3) is 0 Å². The summed E-state index contributed by atoms with van der Waals surface area (Å²) in [5, 5.41) is 4.43. The maximum atomic E-state index is 5.72. The number of nitrogens with zero attached hydrogens (tertiary/aromatic N) is 2. The van der Waals surface area contributed by atoms with Gasteiger partial charge >= 0.3 is 0 Å². The monoisotopic (exact) mass is 256 g/mol. The predicted molar refractivity (Wildman–Crippen MR) is 75.3 cm³/mol. The Morgan fingerprint density at radius 3 is 2.79 bits per heavy atom. The molecule has 1 heterocycles. The van der Waals surface area contributed by atoms with E-state index in [0.29, 0.717) is 17.9 Å². The lowest BCUT2D eigenvalue weighted by molar-refractivity contribution is 0.458. The maximum absolute atomic E-state index is 5.72. The molecule has 3 unspecified atom stereocenters. The van der Waals surface area contributed by atoms with Gasteiger partial charge in [0.1, 0.15) is 0 Å². The normalized spacial score (nSPS) is 23.3. The summed E-state index contributed by atoms with van der Waals surface area (Å²) in [6.45, 7) is 0. The van der Waals surface area contributed by atoms with Crippen LogP contribution in [0.15, 0.2) is 42.6 Å². The molecule has 1 aliphatic carbocycles. The standard InChI is InChI=1S/C15H20N4/c1-19-8-7-12(18-19)9-15(17-16)14-10-13(14)11-5-3-2-4-6-11/h2-8,13-15,17H,9-10,16H2,1H3. The van der Waals surface area contributed by atoms with E-state index in [2.05, 4.69) is 46.9 Å². The average molecular weight is 256 g/mol. The fourth-order valence-corrected chi connectivity index (χ4v) is 2.87. The summed E-state index contributed by atoms with van der Waals surface area (Å²) in [4.78, 5) is 0. The molecule has 0 radical (unpaired) electrons. The van der Waals surface area contributed by atoms with Gasteiger partial charge in [0.15, 0.2) is 0 Å². The first-order valence-electron chi connectivity index (χ1n) is 6.77. The summed E-state index contributed by atoms with van der Waals surface area (Å²) >= 11 is 0. The maximum Gasteiger partial charge on any atom is 0.0640 e. The lowest BCUT2D eigenvalue weighted by atomic mass is 10.0. The molecule has 1 aromatic heterocycles. The molecule has 4 heteroatoms. The van der Waals surface area contributed by atoms with E-state index in [4.69, 9.17) is 5.84 Å². The zero-order chi connectivity index (χ0) is 13.2. The van der Waals surface area contributed by atoms with Gasteiger partial charge in [-0.25, -0.2) is 0 Å². The van der Waals surface area contributed by atoms with Crippen molar-refractivity contribution in [2.24, 2.45) is 18.8 Å². The molecular weight excluding hydrogens is 236 g/mol. The van der Waals surface area contributed by atoms with E-state index in [9.17, 15) is 0 Å². The molecule has 0 amide bonds. The molecule has 1 aliphatic rings. The fourth-order valence-electron chi connectivity index (χ4n) is 2.87. The van der Waals surface area contributed by atoms with Gasteiger partial charge in [-0.05, 0) is 29.9 Å². The number of aromatic nitrogens is 2. The van der Waals surface area contributed by atoms with Gasteiger partial charge in [0, 0.05) is 25.7 Å². The zero-order valence-corrected chi connectivity index (χ0v) is 11.2. The quantitative estimate of drug-likeness (QED) is 0.631. The molecule has 0 spiro atoms. The Morgan fingerprint density at radius 2 is 2.16 bits per heavy atom. The minimum atomic E-state index is 0.306. The summed E-state index contributed by atoms with van der Waals surface area (Å²) < 4.78 is 1.84. The molecular formula is C15H20N4. The van der Waals surface area contributed by atoms with E-state index in [-0.39, 0.29) is 0 Å². The van der Waals surface area contributed by atoms with Crippen molar-refractivity contribution in [2.45, 2.75) is 24.8 Å². The summed E-state index contributed by atoms with van der Waals surface area (Å²) in [5.74, 6) is 6.99. The third-order valence-corrected chi connectivity index (χ3v) is 4.00. The summed E-state index contributed by atoms with van der Waals surface area (Å²) in [6.07, 6.45) is 4.08. The minimum absolute atomic E-state index is 0.306. The van der Waals surface area contributed by atoms with Crippen molar-refractivity contribution >= 4 is 0 Å². The number of hydrogen-bond acceptors (Lipinski definition) is 3. The first-order valence-corrected chi connectivity index (χ1v) is 6.77. The number of benzene rings is 1. The molecule has 3 N–H and O–H groups in total.